The first-order valence-corrected chi connectivity index (χ1v) is 7.89. The van der Waals surface area contributed by atoms with E-state index < -0.39 is 22.7 Å². The molecule has 138 valence electrons. The van der Waals surface area contributed by atoms with Crippen LogP contribution in [0.3, 0.4) is 0 Å². The van der Waals surface area contributed by atoms with Crippen molar-refractivity contribution < 1.29 is 18.0 Å². The zero-order chi connectivity index (χ0) is 19.4. The van der Waals surface area contributed by atoms with E-state index >= 15 is 0 Å². The number of hydrogen-bond acceptors (Lipinski definition) is 5. The molecule has 2 aromatic heterocycles. The third-order valence-electron chi connectivity index (χ3n) is 3.37. The predicted molar refractivity (Wildman–Crippen MR) is 94.0 cm³/mol. The van der Waals surface area contributed by atoms with Crippen LogP contribution in [0.25, 0.3) is 0 Å². The molecule has 0 unspecified atom stereocenters. The molecule has 0 aliphatic rings. The fraction of sp³-hybridized carbons (Fsp3) is 0.0588. The number of nitrogens with one attached hydrogen (secondary N) is 2. The van der Waals surface area contributed by atoms with Gasteiger partial charge in [-0.25, -0.2) is 0 Å². The molecule has 0 aliphatic carbocycles. The highest BCUT2D eigenvalue weighted by Crippen LogP contribution is 2.36. The molecule has 0 atom stereocenters. The minimum Gasteiger partial charge on any atom is -0.339 e. The Kier molecular flexibility index (Phi) is 5.22. The smallest absolute Gasteiger partial charge is 0.339 e. The van der Waals surface area contributed by atoms with Gasteiger partial charge in [-0.2, -0.15) is 13.2 Å². The maximum Gasteiger partial charge on any atom is 0.417 e. The molecular weight excluding hydrogens is 383 g/mol. The second kappa shape index (κ2) is 7.58. The zero-order valence-electron chi connectivity index (χ0n) is 13.5. The SMILES string of the molecule is O=C(Nc1ccc(Nc2ccc(Cl)c(C(F)(F)F)c2)nn1)c1cccnc1. The average Bonchev–Trinajstić information content (AvgIpc) is 2.64. The molecule has 2 N–H and O–H groups in total. The Morgan fingerprint density at radius 1 is 1.04 bits per heavy atom. The molecule has 1 aromatic carbocycles. The van der Waals surface area contributed by atoms with E-state index in [2.05, 4.69) is 25.8 Å². The van der Waals surface area contributed by atoms with E-state index in [1.807, 2.05) is 0 Å². The summed E-state index contributed by atoms with van der Waals surface area (Å²) in [6.45, 7) is 0. The molecule has 0 radical (unpaired) electrons. The molecular formula is C17H11ClF3N5O. The van der Waals surface area contributed by atoms with Crippen molar-refractivity contribution in [3.8, 4) is 0 Å². The number of carbonyl (C=O) groups is 1. The number of hydrogen-bond donors (Lipinski definition) is 2. The molecule has 0 saturated carbocycles. The molecule has 0 fully saturated rings. The monoisotopic (exact) mass is 393 g/mol. The lowest BCUT2D eigenvalue weighted by atomic mass is 10.2. The molecule has 27 heavy (non-hydrogen) atoms. The number of carbonyl (C=O) groups excluding carboxylic acids is 1. The van der Waals surface area contributed by atoms with Gasteiger partial charge in [-0.15, -0.1) is 10.2 Å². The number of amides is 1. The summed E-state index contributed by atoms with van der Waals surface area (Å²) in [7, 11) is 0. The summed E-state index contributed by atoms with van der Waals surface area (Å²) in [5.41, 5.74) is -0.460. The Morgan fingerprint density at radius 3 is 2.41 bits per heavy atom. The lowest BCUT2D eigenvalue weighted by molar-refractivity contribution is -0.137. The molecule has 3 aromatic rings. The molecule has 1 amide bonds. The molecule has 0 spiro atoms. The Balaban J connectivity index is 1.70. The number of aromatic nitrogens is 3. The van der Waals surface area contributed by atoms with E-state index in [9.17, 15) is 18.0 Å². The van der Waals surface area contributed by atoms with Crippen LogP contribution in [0.5, 0.6) is 0 Å². The highest BCUT2D eigenvalue weighted by Gasteiger charge is 2.33. The molecule has 0 bridgehead atoms. The minimum atomic E-state index is -4.57. The van der Waals surface area contributed by atoms with Gasteiger partial charge in [-0.05, 0) is 42.5 Å². The van der Waals surface area contributed by atoms with Crippen LogP contribution in [-0.4, -0.2) is 21.1 Å². The van der Waals surface area contributed by atoms with E-state index in [1.54, 1.807) is 12.1 Å². The van der Waals surface area contributed by atoms with Crippen LogP contribution < -0.4 is 10.6 Å². The number of alkyl halides is 3. The van der Waals surface area contributed by atoms with Crippen LogP contribution in [-0.2, 0) is 6.18 Å². The van der Waals surface area contributed by atoms with Gasteiger partial charge in [-0.3, -0.25) is 9.78 Å². The number of anilines is 3. The van der Waals surface area contributed by atoms with Crippen molar-refractivity contribution in [1.29, 1.82) is 0 Å². The van der Waals surface area contributed by atoms with Crippen molar-refractivity contribution in [2.75, 3.05) is 10.6 Å². The zero-order valence-corrected chi connectivity index (χ0v) is 14.2. The second-order valence-corrected chi connectivity index (χ2v) is 5.72. The first kappa shape index (κ1) is 18.6. The maximum absolute atomic E-state index is 12.9. The Morgan fingerprint density at radius 2 is 1.78 bits per heavy atom. The quantitative estimate of drug-likeness (QED) is 0.680. The lowest BCUT2D eigenvalue weighted by Crippen LogP contribution is -2.13. The van der Waals surface area contributed by atoms with Gasteiger partial charge < -0.3 is 10.6 Å². The largest absolute Gasteiger partial charge is 0.417 e. The highest BCUT2D eigenvalue weighted by atomic mass is 35.5. The maximum atomic E-state index is 12.9. The van der Waals surface area contributed by atoms with E-state index in [0.29, 0.717) is 5.56 Å². The van der Waals surface area contributed by atoms with Gasteiger partial charge in [0.15, 0.2) is 11.6 Å². The Hall–Kier alpha value is -3.20. The second-order valence-electron chi connectivity index (χ2n) is 5.32. The van der Waals surface area contributed by atoms with E-state index in [0.717, 1.165) is 12.1 Å². The van der Waals surface area contributed by atoms with Crippen LogP contribution in [0, 0.1) is 0 Å². The topological polar surface area (TPSA) is 79.8 Å². The highest BCUT2D eigenvalue weighted by molar-refractivity contribution is 6.31. The lowest BCUT2D eigenvalue weighted by Gasteiger charge is -2.12. The Bertz CT molecular complexity index is 949. The van der Waals surface area contributed by atoms with Crippen LogP contribution in [0.15, 0.2) is 54.9 Å². The first-order chi connectivity index (χ1) is 12.8. The average molecular weight is 394 g/mol. The molecule has 0 aliphatic heterocycles. The number of pyridine rings is 1. The summed E-state index contributed by atoms with van der Waals surface area (Å²) in [6, 6.07) is 9.54. The number of benzene rings is 1. The molecule has 0 saturated heterocycles. The number of halogens is 4. The van der Waals surface area contributed by atoms with Gasteiger partial charge in [0.2, 0.25) is 0 Å². The van der Waals surface area contributed by atoms with Crippen molar-refractivity contribution in [2.45, 2.75) is 6.18 Å². The van der Waals surface area contributed by atoms with Gasteiger partial charge in [-0.1, -0.05) is 11.6 Å². The van der Waals surface area contributed by atoms with Crippen molar-refractivity contribution in [3.05, 3.63) is 71.0 Å². The molecule has 2 heterocycles. The van der Waals surface area contributed by atoms with Crippen molar-refractivity contribution >= 4 is 34.8 Å². The van der Waals surface area contributed by atoms with Crippen LogP contribution in [0.1, 0.15) is 15.9 Å². The standard InChI is InChI=1S/C17H11ClF3N5O/c18-13-4-3-11(8-12(13)17(19,20)21)23-14-5-6-15(26-25-14)24-16(27)10-2-1-7-22-9-10/h1-9H,(H,23,25)(H,24,26,27). The summed E-state index contributed by atoms with van der Waals surface area (Å²) < 4.78 is 38.7. The van der Waals surface area contributed by atoms with Crippen LogP contribution in [0.4, 0.5) is 30.5 Å². The van der Waals surface area contributed by atoms with Gasteiger partial charge in [0.25, 0.3) is 5.91 Å². The van der Waals surface area contributed by atoms with Gasteiger partial charge in [0.1, 0.15) is 0 Å². The fourth-order valence-electron chi connectivity index (χ4n) is 2.12. The van der Waals surface area contributed by atoms with Crippen LogP contribution >= 0.6 is 11.6 Å². The summed E-state index contributed by atoms with van der Waals surface area (Å²) >= 11 is 5.58. The third-order valence-corrected chi connectivity index (χ3v) is 3.70. The molecule has 3 rings (SSSR count). The fourth-order valence-corrected chi connectivity index (χ4v) is 2.34. The normalized spacial score (nSPS) is 11.1. The summed E-state index contributed by atoms with van der Waals surface area (Å²) in [6.07, 6.45) is -1.63. The van der Waals surface area contributed by atoms with Gasteiger partial charge in [0.05, 0.1) is 16.1 Å². The van der Waals surface area contributed by atoms with E-state index in [-0.39, 0.29) is 17.3 Å². The summed E-state index contributed by atoms with van der Waals surface area (Å²) in [5.74, 6) is -0.0306. The number of rotatable bonds is 4. The van der Waals surface area contributed by atoms with E-state index in [1.165, 1.54) is 30.6 Å². The Labute approximate surface area is 156 Å². The molecule has 10 heteroatoms. The number of nitrogens with zero attached hydrogens (tertiary/aromatic N) is 3. The van der Waals surface area contributed by atoms with Crippen LogP contribution in [0.2, 0.25) is 5.02 Å². The van der Waals surface area contributed by atoms with E-state index in [4.69, 9.17) is 11.6 Å². The molecule has 6 nitrogen and oxygen atoms in total. The summed E-state index contributed by atoms with van der Waals surface area (Å²) in [5, 5.41) is 12.5. The van der Waals surface area contributed by atoms with Crippen molar-refractivity contribution in [2.24, 2.45) is 0 Å². The first-order valence-electron chi connectivity index (χ1n) is 7.52. The van der Waals surface area contributed by atoms with Gasteiger partial charge in [0, 0.05) is 18.1 Å². The predicted octanol–water partition coefficient (Wildman–Crippen LogP) is 4.54. The third kappa shape index (κ3) is 4.70. The minimum absolute atomic E-state index is 0.146. The van der Waals surface area contributed by atoms with Gasteiger partial charge >= 0.3 is 6.18 Å². The van der Waals surface area contributed by atoms with Crippen molar-refractivity contribution in [1.82, 2.24) is 15.2 Å². The summed E-state index contributed by atoms with van der Waals surface area (Å²) in [4.78, 5) is 15.8. The van der Waals surface area contributed by atoms with Crippen molar-refractivity contribution in [3.63, 3.8) is 0 Å².